The Labute approximate surface area is 181 Å². The minimum atomic E-state index is -4.95. The summed E-state index contributed by atoms with van der Waals surface area (Å²) in [5.74, 6) is -1.78. The van der Waals surface area contributed by atoms with Crippen LogP contribution in [-0.4, -0.2) is 24.3 Å². The molecule has 0 spiro atoms. The van der Waals surface area contributed by atoms with Crippen LogP contribution < -0.4 is 19.6 Å². The lowest BCUT2D eigenvalue weighted by Gasteiger charge is -2.29. The van der Waals surface area contributed by atoms with Gasteiger partial charge >= 0.3 is 6.18 Å². The summed E-state index contributed by atoms with van der Waals surface area (Å²) >= 11 is 0. The maximum absolute atomic E-state index is 14.0. The van der Waals surface area contributed by atoms with Crippen LogP contribution in [0.1, 0.15) is 31.1 Å². The number of rotatable bonds is 5. The number of hydrogen-bond acceptors (Lipinski definition) is 6. The van der Waals surface area contributed by atoms with E-state index in [2.05, 4.69) is 0 Å². The van der Waals surface area contributed by atoms with Gasteiger partial charge in [-0.3, -0.25) is 9.69 Å². The van der Waals surface area contributed by atoms with Crippen LogP contribution in [-0.2, 0) is 12.7 Å². The fourth-order valence-electron chi connectivity index (χ4n) is 3.84. The van der Waals surface area contributed by atoms with Crippen molar-refractivity contribution in [1.82, 2.24) is 4.90 Å². The van der Waals surface area contributed by atoms with Gasteiger partial charge in [-0.05, 0) is 44.0 Å². The summed E-state index contributed by atoms with van der Waals surface area (Å²) in [5.41, 5.74) is -0.601. The first kappa shape index (κ1) is 20.7. The summed E-state index contributed by atoms with van der Waals surface area (Å²) in [5, 5.41) is 0.00175. The highest BCUT2D eigenvalue weighted by molar-refractivity contribution is 5.84. The van der Waals surface area contributed by atoms with Gasteiger partial charge in [-0.15, -0.1) is 0 Å². The number of fused-ring (bicyclic) bond motifs is 3. The third-order valence-corrected chi connectivity index (χ3v) is 5.51. The van der Waals surface area contributed by atoms with E-state index < -0.39 is 23.1 Å². The van der Waals surface area contributed by atoms with E-state index in [1.54, 1.807) is 31.2 Å². The van der Waals surface area contributed by atoms with E-state index in [0.29, 0.717) is 30.6 Å². The quantitative estimate of drug-likeness (QED) is 0.528. The van der Waals surface area contributed by atoms with Crippen LogP contribution in [0.4, 0.5) is 13.2 Å². The number of hydrogen-bond donors (Lipinski definition) is 0. The van der Waals surface area contributed by atoms with Crippen LogP contribution in [0.2, 0.25) is 0 Å². The highest BCUT2D eigenvalue weighted by Crippen LogP contribution is 2.43. The molecule has 2 aromatic carbocycles. The van der Waals surface area contributed by atoms with Crippen molar-refractivity contribution in [2.75, 3.05) is 13.3 Å². The van der Waals surface area contributed by atoms with Crippen molar-refractivity contribution >= 4 is 11.0 Å². The minimum absolute atomic E-state index is 0.00175. The van der Waals surface area contributed by atoms with E-state index in [1.165, 1.54) is 12.1 Å². The first-order valence-corrected chi connectivity index (χ1v) is 10.3. The van der Waals surface area contributed by atoms with Crippen molar-refractivity contribution < 1.29 is 31.8 Å². The normalized spacial score (nSPS) is 16.5. The summed E-state index contributed by atoms with van der Waals surface area (Å²) < 4.78 is 63.9. The van der Waals surface area contributed by atoms with Crippen LogP contribution in [0, 0.1) is 0 Å². The van der Waals surface area contributed by atoms with Crippen molar-refractivity contribution in [3.05, 3.63) is 57.9 Å². The molecule has 0 atom stereocenters. The molecule has 0 unspecified atom stereocenters. The molecule has 0 radical (unpaired) electrons. The molecule has 0 saturated heterocycles. The molecule has 2 aliphatic rings. The molecular formula is C23H20F3NO5. The second-order valence-electron chi connectivity index (χ2n) is 7.74. The maximum atomic E-state index is 14.0. The molecule has 0 N–H and O–H groups in total. The maximum Gasteiger partial charge on any atom is 0.453 e. The molecule has 32 heavy (non-hydrogen) atoms. The fourth-order valence-corrected chi connectivity index (χ4v) is 3.84. The van der Waals surface area contributed by atoms with Crippen molar-refractivity contribution in [1.29, 1.82) is 0 Å². The van der Waals surface area contributed by atoms with E-state index in [0.717, 1.165) is 12.8 Å². The molecule has 3 aromatic rings. The standard InChI is InChI=1S/C23H20F3NO5/c1-2-29-17-5-3-4-6-18(17)31-21-19(28)14-9-10-16-15(11-27(12-30-16)13-7-8-13)20(14)32-22(21)23(24,25)26/h3-6,9-10,13H,2,7-8,11-12H2,1H3. The number of alkyl halides is 3. The average Bonchev–Trinajstić information content (AvgIpc) is 3.61. The summed E-state index contributed by atoms with van der Waals surface area (Å²) in [7, 11) is 0. The lowest BCUT2D eigenvalue weighted by molar-refractivity contribution is -0.154. The summed E-state index contributed by atoms with van der Waals surface area (Å²) in [4.78, 5) is 15.2. The average molecular weight is 447 g/mol. The third-order valence-electron chi connectivity index (χ3n) is 5.51. The van der Waals surface area contributed by atoms with Crippen LogP contribution in [0.15, 0.2) is 45.6 Å². The molecular weight excluding hydrogens is 427 g/mol. The van der Waals surface area contributed by atoms with Crippen LogP contribution >= 0.6 is 0 Å². The summed E-state index contributed by atoms with van der Waals surface area (Å²) in [6.07, 6.45) is -2.92. The highest BCUT2D eigenvalue weighted by atomic mass is 19.4. The van der Waals surface area contributed by atoms with Crippen LogP contribution in [0.3, 0.4) is 0 Å². The van der Waals surface area contributed by atoms with Gasteiger partial charge in [-0.25, -0.2) is 0 Å². The van der Waals surface area contributed by atoms with E-state index in [1.807, 2.05) is 4.90 Å². The Bertz CT molecular complexity index is 1230. The lowest BCUT2D eigenvalue weighted by Crippen LogP contribution is -2.34. The zero-order valence-corrected chi connectivity index (χ0v) is 17.2. The smallest absolute Gasteiger partial charge is 0.453 e. The third kappa shape index (κ3) is 3.66. The van der Waals surface area contributed by atoms with E-state index >= 15 is 0 Å². The van der Waals surface area contributed by atoms with Crippen molar-refractivity contribution in [2.24, 2.45) is 0 Å². The summed E-state index contributed by atoms with van der Waals surface area (Å²) in [6.45, 7) is 2.72. The van der Waals surface area contributed by atoms with Gasteiger partial charge in [0.15, 0.2) is 11.5 Å². The van der Waals surface area contributed by atoms with E-state index in [9.17, 15) is 18.0 Å². The largest absolute Gasteiger partial charge is 0.490 e. The second kappa shape index (κ2) is 7.74. The second-order valence-corrected chi connectivity index (χ2v) is 7.74. The zero-order chi connectivity index (χ0) is 22.5. The number of nitrogens with zero attached hydrogens (tertiary/aromatic N) is 1. The molecule has 1 saturated carbocycles. The van der Waals surface area contributed by atoms with Gasteiger partial charge in [-0.1, -0.05) is 12.1 Å². The van der Waals surface area contributed by atoms with Crippen LogP contribution in [0.25, 0.3) is 11.0 Å². The van der Waals surface area contributed by atoms with Gasteiger partial charge < -0.3 is 18.6 Å². The summed E-state index contributed by atoms with van der Waals surface area (Å²) in [6, 6.07) is 9.55. The van der Waals surface area contributed by atoms with Gasteiger partial charge in [-0.2, -0.15) is 13.2 Å². The Kier molecular flexibility index (Phi) is 5.00. The van der Waals surface area contributed by atoms with E-state index in [-0.39, 0.29) is 29.1 Å². The Balaban J connectivity index is 1.67. The van der Waals surface area contributed by atoms with Crippen LogP contribution in [0.5, 0.6) is 23.0 Å². The van der Waals surface area contributed by atoms with Crippen molar-refractivity contribution in [2.45, 2.75) is 38.5 Å². The molecule has 1 fully saturated rings. The Morgan fingerprint density at radius 1 is 1.12 bits per heavy atom. The first-order chi connectivity index (χ1) is 15.4. The van der Waals surface area contributed by atoms with Crippen molar-refractivity contribution in [3.8, 4) is 23.0 Å². The topological polar surface area (TPSA) is 61.1 Å². The molecule has 2 heterocycles. The Morgan fingerprint density at radius 3 is 2.56 bits per heavy atom. The molecule has 1 aliphatic carbocycles. The molecule has 168 valence electrons. The number of benzene rings is 2. The predicted molar refractivity (Wildman–Crippen MR) is 109 cm³/mol. The molecule has 6 nitrogen and oxygen atoms in total. The molecule has 1 aromatic heterocycles. The predicted octanol–water partition coefficient (Wildman–Crippen LogP) is 5.32. The zero-order valence-electron chi connectivity index (χ0n) is 17.2. The van der Waals surface area contributed by atoms with Gasteiger partial charge in [0, 0.05) is 12.6 Å². The molecule has 0 bridgehead atoms. The lowest BCUT2D eigenvalue weighted by atomic mass is 10.1. The van der Waals surface area contributed by atoms with Gasteiger partial charge in [0.05, 0.1) is 17.6 Å². The number of para-hydroxylation sites is 2. The minimum Gasteiger partial charge on any atom is -0.490 e. The monoisotopic (exact) mass is 447 g/mol. The Hall–Kier alpha value is -3.20. The fraction of sp³-hybridized carbons (Fsp3) is 0.348. The molecule has 1 aliphatic heterocycles. The number of halogens is 3. The molecule has 0 amide bonds. The first-order valence-electron chi connectivity index (χ1n) is 10.3. The van der Waals surface area contributed by atoms with Gasteiger partial charge in [0.1, 0.15) is 18.1 Å². The molecule has 9 heteroatoms. The SMILES string of the molecule is CCOc1ccccc1Oc1c(C(F)(F)F)oc2c3c(ccc2c1=O)OCN(C1CC1)C3. The van der Waals surface area contributed by atoms with Crippen molar-refractivity contribution in [3.63, 3.8) is 0 Å². The van der Waals surface area contributed by atoms with E-state index in [4.69, 9.17) is 18.6 Å². The highest BCUT2D eigenvalue weighted by Gasteiger charge is 2.42. The van der Waals surface area contributed by atoms with Gasteiger partial charge in [0.2, 0.25) is 11.2 Å². The van der Waals surface area contributed by atoms with Gasteiger partial charge in [0.25, 0.3) is 5.76 Å². The number of ether oxygens (including phenoxy) is 3. The molecule has 5 rings (SSSR count). The Morgan fingerprint density at radius 2 is 1.88 bits per heavy atom.